The van der Waals surface area contributed by atoms with Crippen molar-refractivity contribution in [3.8, 4) is 0 Å². The molecule has 0 spiro atoms. The second-order valence-corrected chi connectivity index (χ2v) is 5.56. The molecule has 0 saturated carbocycles. The van der Waals surface area contributed by atoms with Gasteiger partial charge >= 0.3 is 0 Å². The van der Waals surface area contributed by atoms with Crippen LogP contribution in [0.3, 0.4) is 0 Å². The topological polar surface area (TPSA) is 18.8 Å². The highest BCUT2D eigenvalue weighted by molar-refractivity contribution is 6.67. The summed E-state index contributed by atoms with van der Waals surface area (Å²) in [5, 5.41) is 5.85. The van der Waals surface area contributed by atoms with E-state index in [1.165, 1.54) is 0 Å². The lowest BCUT2D eigenvalue weighted by Gasteiger charge is -2.35. The Morgan fingerprint density at radius 2 is 1.92 bits per heavy atom. The Morgan fingerprint density at radius 3 is 2.23 bits per heavy atom. The predicted molar refractivity (Wildman–Crippen MR) is 57.0 cm³/mol. The first-order chi connectivity index (χ1) is 5.84. The molecule has 0 aliphatic carbocycles. The van der Waals surface area contributed by atoms with E-state index in [9.17, 15) is 0 Å². The van der Waals surface area contributed by atoms with E-state index in [2.05, 4.69) is 18.9 Å². The van der Waals surface area contributed by atoms with E-state index in [1.807, 2.05) is 7.05 Å². The van der Waals surface area contributed by atoms with Gasteiger partial charge in [-0.2, -0.15) is 5.10 Å². The summed E-state index contributed by atoms with van der Waals surface area (Å²) in [6.45, 7) is 4.11. The Labute approximate surface area is 93.2 Å². The summed E-state index contributed by atoms with van der Waals surface area (Å²) in [5.41, 5.74) is 0. The summed E-state index contributed by atoms with van der Waals surface area (Å²) < 4.78 is -1.43. The third kappa shape index (κ3) is 2.33. The van der Waals surface area contributed by atoms with Crippen LogP contribution in [-0.2, 0) is 0 Å². The molecule has 0 radical (unpaired) electrons. The molecule has 0 bridgehead atoms. The van der Waals surface area contributed by atoms with Gasteiger partial charge in [-0.15, -0.1) is 0 Å². The number of hydrazone groups is 1. The van der Waals surface area contributed by atoms with Gasteiger partial charge in [0.25, 0.3) is 3.92 Å². The average molecular weight is 245 g/mol. The normalized spacial score (nSPS) is 23.5. The molecule has 0 fully saturated rings. The highest BCUT2D eigenvalue weighted by atomic mass is 35.6. The van der Waals surface area contributed by atoms with Gasteiger partial charge < -0.3 is 0 Å². The minimum atomic E-state index is -1.43. The van der Waals surface area contributed by atoms with E-state index in [4.69, 9.17) is 34.8 Å². The molecule has 1 atom stereocenters. The molecule has 1 aliphatic rings. The first kappa shape index (κ1) is 11.2. The average Bonchev–Trinajstić information content (AvgIpc) is 2.28. The molecule has 0 aromatic rings. The van der Waals surface area contributed by atoms with Crippen LogP contribution in [0, 0.1) is 5.92 Å². The van der Waals surface area contributed by atoms with Crippen LogP contribution in [0.15, 0.2) is 5.10 Å². The number of alkyl halides is 3. The first-order valence-corrected chi connectivity index (χ1v) is 5.09. The van der Waals surface area contributed by atoms with Gasteiger partial charge in [-0.05, 0) is 5.92 Å². The Kier molecular flexibility index (Phi) is 3.20. The van der Waals surface area contributed by atoms with Crippen LogP contribution in [0.25, 0.3) is 0 Å². The van der Waals surface area contributed by atoms with E-state index < -0.39 is 3.92 Å². The molecule has 1 rings (SSSR count). The third-order valence-electron chi connectivity index (χ3n) is 1.92. The van der Waals surface area contributed by atoms with Crippen LogP contribution >= 0.6 is 34.8 Å². The third-order valence-corrected chi connectivity index (χ3v) is 2.50. The number of rotatable bonds is 1. The summed E-state index contributed by atoms with van der Waals surface area (Å²) in [6, 6.07) is 0. The quantitative estimate of drug-likeness (QED) is 0.521. The smallest absolute Gasteiger partial charge is 0.270 e. The van der Waals surface area contributed by atoms with Gasteiger partial charge in [0.1, 0.15) is 12.5 Å². The maximum atomic E-state index is 5.78. The molecule has 0 N–H and O–H groups in total. The number of nitrogens with zero attached hydrogens (tertiary/aromatic N) is 3. The van der Waals surface area contributed by atoms with Gasteiger partial charge in [-0.25, -0.2) is 0 Å². The molecule has 0 saturated heterocycles. The summed E-state index contributed by atoms with van der Waals surface area (Å²) in [5.74, 6) is 0.336. The van der Waals surface area contributed by atoms with Gasteiger partial charge in [-0.1, -0.05) is 48.7 Å². The van der Waals surface area contributed by atoms with Crippen molar-refractivity contribution in [2.24, 2.45) is 11.0 Å². The van der Waals surface area contributed by atoms with Crippen LogP contribution < -0.4 is 0 Å². The monoisotopic (exact) mass is 243 g/mol. The van der Waals surface area contributed by atoms with E-state index >= 15 is 0 Å². The number of halogens is 3. The second kappa shape index (κ2) is 3.71. The molecular weight excluding hydrogens is 232 g/mol. The fourth-order valence-corrected chi connectivity index (χ4v) is 1.85. The molecule has 76 valence electrons. The van der Waals surface area contributed by atoms with E-state index in [1.54, 1.807) is 16.2 Å². The van der Waals surface area contributed by atoms with Crippen LogP contribution in [0.1, 0.15) is 13.8 Å². The van der Waals surface area contributed by atoms with Crippen molar-refractivity contribution in [1.29, 1.82) is 0 Å². The minimum absolute atomic E-state index is 0.00694. The van der Waals surface area contributed by atoms with Crippen LogP contribution in [0.5, 0.6) is 0 Å². The lowest BCUT2D eigenvalue weighted by molar-refractivity contribution is 0.112. The molecular formula is C7H12Cl3N3. The summed E-state index contributed by atoms with van der Waals surface area (Å²) in [7, 11) is 1.86. The van der Waals surface area contributed by atoms with Crippen molar-refractivity contribution in [3.05, 3.63) is 0 Å². The van der Waals surface area contributed by atoms with E-state index in [-0.39, 0.29) is 6.17 Å². The van der Waals surface area contributed by atoms with Crippen molar-refractivity contribution >= 4 is 41.1 Å². The molecule has 1 aliphatic heterocycles. The summed E-state index contributed by atoms with van der Waals surface area (Å²) in [6.07, 6.45) is 1.56. The van der Waals surface area contributed by atoms with Gasteiger partial charge in [0.05, 0.1) is 0 Å². The van der Waals surface area contributed by atoms with Gasteiger partial charge in [0.2, 0.25) is 0 Å². The van der Waals surface area contributed by atoms with Crippen molar-refractivity contribution in [2.75, 3.05) is 7.05 Å². The van der Waals surface area contributed by atoms with Gasteiger partial charge in [0, 0.05) is 7.05 Å². The fraction of sp³-hybridized carbons (Fsp3) is 0.857. The Hall–Kier alpha value is 0.140. The Morgan fingerprint density at radius 1 is 1.38 bits per heavy atom. The molecule has 1 heterocycles. The Balaban J connectivity index is 2.81. The largest absolute Gasteiger partial charge is 0.294 e. The molecule has 1 unspecified atom stereocenters. The lowest BCUT2D eigenvalue weighted by Crippen LogP contribution is -2.47. The Bertz CT molecular complexity index is 212. The SMILES string of the molecule is CC(C)C1N(C)N=CN1C(Cl)(Cl)Cl. The first-order valence-electron chi connectivity index (χ1n) is 3.96. The molecule has 0 aromatic carbocycles. The number of hydrogen-bond donors (Lipinski definition) is 0. The highest BCUT2D eigenvalue weighted by Crippen LogP contribution is 2.36. The van der Waals surface area contributed by atoms with Crippen LogP contribution in [0.4, 0.5) is 0 Å². The van der Waals surface area contributed by atoms with Crippen LogP contribution in [0.2, 0.25) is 0 Å². The zero-order chi connectivity index (χ0) is 10.2. The second-order valence-electron chi connectivity index (χ2n) is 3.34. The van der Waals surface area contributed by atoms with Gasteiger partial charge in [-0.3, -0.25) is 9.91 Å². The van der Waals surface area contributed by atoms with Gasteiger partial charge in [0.15, 0.2) is 0 Å². The maximum Gasteiger partial charge on any atom is 0.270 e. The fourth-order valence-electron chi connectivity index (χ4n) is 1.42. The van der Waals surface area contributed by atoms with E-state index in [0.717, 1.165) is 0 Å². The standard InChI is InChI=1S/C7H12Cl3N3/c1-5(2)6-12(3)11-4-13(6)7(8,9)10/h4-6H,1-3H3. The van der Waals surface area contributed by atoms with Crippen molar-refractivity contribution in [2.45, 2.75) is 23.9 Å². The molecule has 13 heavy (non-hydrogen) atoms. The summed E-state index contributed by atoms with van der Waals surface area (Å²) in [4.78, 5) is 1.61. The van der Waals surface area contributed by atoms with E-state index in [0.29, 0.717) is 5.92 Å². The minimum Gasteiger partial charge on any atom is -0.294 e. The maximum absolute atomic E-state index is 5.78. The molecule has 6 heteroatoms. The van der Waals surface area contributed by atoms with Crippen molar-refractivity contribution in [3.63, 3.8) is 0 Å². The lowest BCUT2D eigenvalue weighted by atomic mass is 10.1. The highest BCUT2D eigenvalue weighted by Gasteiger charge is 2.40. The summed E-state index contributed by atoms with van der Waals surface area (Å²) >= 11 is 17.3. The van der Waals surface area contributed by atoms with Crippen molar-refractivity contribution in [1.82, 2.24) is 9.91 Å². The zero-order valence-electron chi connectivity index (χ0n) is 7.71. The number of hydrogen-bond acceptors (Lipinski definition) is 3. The molecule has 3 nitrogen and oxygen atoms in total. The zero-order valence-corrected chi connectivity index (χ0v) is 9.98. The molecule has 0 amide bonds. The van der Waals surface area contributed by atoms with Crippen LogP contribution in [-0.4, -0.2) is 33.4 Å². The van der Waals surface area contributed by atoms with Crippen molar-refractivity contribution < 1.29 is 0 Å². The predicted octanol–water partition coefficient (Wildman–Crippen LogP) is 2.49. The molecule has 0 aromatic heterocycles.